The fraction of sp³-hybridized carbons (Fsp3) is 0.333. The predicted molar refractivity (Wildman–Crippen MR) is 90.2 cm³/mol. The van der Waals surface area contributed by atoms with Crippen LogP contribution in [0.15, 0.2) is 72.8 Å². The Bertz CT molecular complexity index is 540. The lowest BCUT2D eigenvalue weighted by molar-refractivity contribution is 0.440. The predicted octanol–water partition coefficient (Wildman–Crippen LogP) is 5.30. The third kappa shape index (κ3) is 3.64. The summed E-state index contributed by atoms with van der Waals surface area (Å²) in [6.07, 6.45) is 3.70. The van der Waals surface area contributed by atoms with Crippen molar-refractivity contribution in [2.24, 2.45) is 17.8 Å². The zero-order valence-electron chi connectivity index (χ0n) is 12.8. The van der Waals surface area contributed by atoms with Gasteiger partial charge in [0.2, 0.25) is 0 Å². The van der Waals surface area contributed by atoms with Gasteiger partial charge in [0.05, 0.1) is 0 Å². The highest BCUT2D eigenvalue weighted by Crippen LogP contribution is 2.50. The van der Waals surface area contributed by atoms with Crippen LogP contribution in [0.5, 0.6) is 0 Å². The molecule has 1 fully saturated rings. The lowest BCUT2D eigenvalue weighted by Crippen LogP contribution is -2.12. The summed E-state index contributed by atoms with van der Waals surface area (Å²) in [6.45, 7) is 6.35. The minimum absolute atomic E-state index is 0.733. The van der Waals surface area contributed by atoms with Crippen molar-refractivity contribution in [2.75, 3.05) is 0 Å². The number of hydrogen-bond donors (Lipinski definition) is 0. The average molecular weight is 276 g/mol. The van der Waals surface area contributed by atoms with Gasteiger partial charge in [0.25, 0.3) is 0 Å². The molecule has 0 aliphatic heterocycles. The Morgan fingerprint density at radius 1 is 0.952 bits per heavy atom. The van der Waals surface area contributed by atoms with Crippen molar-refractivity contribution in [2.45, 2.75) is 26.2 Å². The second-order valence-electron chi connectivity index (χ2n) is 6.49. The van der Waals surface area contributed by atoms with Gasteiger partial charge >= 0.3 is 0 Å². The van der Waals surface area contributed by atoms with Gasteiger partial charge in [-0.25, -0.2) is 0 Å². The van der Waals surface area contributed by atoms with E-state index in [1.54, 1.807) is 0 Å². The summed E-state index contributed by atoms with van der Waals surface area (Å²) in [4.78, 5) is 0. The molecule has 2 atom stereocenters. The quantitative estimate of drug-likeness (QED) is 0.628. The van der Waals surface area contributed by atoms with Gasteiger partial charge in [-0.3, -0.25) is 0 Å². The normalized spacial score (nSPS) is 20.5. The smallest absolute Gasteiger partial charge is 0.0174 e. The Hall–Kier alpha value is -1.82. The molecule has 1 saturated carbocycles. The second-order valence-corrected chi connectivity index (χ2v) is 6.49. The Kier molecular flexibility index (Phi) is 4.24. The van der Waals surface area contributed by atoms with Crippen LogP contribution in [0.3, 0.4) is 0 Å². The summed E-state index contributed by atoms with van der Waals surface area (Å²) in [5.74, 6) is 2.31. The van der Waals surface area contributed by atoms with E-state index in [0.29, 0.717) is 0 Å². The van der Waals surface area contributed by atoms with Crippen molar-refractivity contribution in [1.29, 1.82) is 0 Å². The molecule has 1 aliphatic rings. The molecule has 1 aliphatic carbocycles. The van der Waals surface area contributed by atoms with Crippen molar-refractivity contribution in [3.8, 4) is 0 Å². The van der Waals surface area contributed by atoms with E-state index < -0.39 is 0 Å². The maximum absolute atomic E-state index is 4.16. The summed E-state index contributed by atoms with van der Waals surface area (Å²) in [5, 5.41) is 0. The van der Waals surface area contributed by atoms with Gasteiger partial charge in [0.1, 0.15) is 0 Å². The van der Waals surface area contributed by atoms with E-state index in [1.165, 1.54) is 36.0 Å². The first kappa shape index (κ1) is 14.1. The molecule has 2 aromatic rings. The molecule has 0 heteroatoms. The molecule has 0 amide bonds. The van der Waals surface area contributed by atoms with Crippen molar-refractivity contribution in [1.82, 2.24) is 0 Å². The molecule has 0 bridgehead atoms. The van der Waals surface area contributed by atoms with Crippen molar-refractivity contribution < 1.29 is 0 Å². The molecule has 0 spiro atoms. The zero-order valence-corrected chi connectivity index (χ0v) is 12.8. The molecule has 0 nitrogen and oxygen atoms in total. The molecular weight excluding hydrogens is 252 g/mol. The van der Waals surface area contributed by atoms with E-state index in [4.69, 9.17) is 0 Å². The van der Waals surface area contributed by atoms with Crippen molar-refractivity contribution >= 4 is 0 Å². The summed E-state index contributed by atoms with van der Waals surface area (Å²) in [5.41, 5.74) is 4.29. The third-order valence-corrected chi connectivity index (χ3v) is 4.76. The van der Waals surface area contributed by atoms with Crippen LogP contribution in [0.2, 0.25) is 0 Å². The van der Waals surface area contributed by atoms with E-state index in [9.17, 15) is 0 Å². The van der Waals surface area contributed by atoms with Crippen LogP contribution in [0.25, 0.3) is 0 Å². The van der Waals surface area contributed by atoms with Crippen molar-refractivity contribution in [3.63, 3.8) is 0 Å². The molecule has 0 heterocycles. The maximum atomic E-state index is 4.16. The number of rotatable bonds is 6. The van der Waals surface area contributed by atoms with E-state index >= 15 is 0 Å². The first-order valence-electron chi connectivity index (χ1n) is 7.97. The fourth-order valence-electron chi connectivity index (χ4n) is 3.51. The van der Waals surface area contributed by atoms with E-state index in [2.05, 4.69) is 74.2 Å². The highest BCUT2D eigenvalue weighted by molar-refractivity contribution is 5.21. The summed E-state index contributed by atoms with van der Waals surface area (Å²) in [6, 6.07) is 21.8. The largest absolute Gasteiger partial charge is 0.0999 e. The van der Waals surface area contributed by atoms with E-state index in [0.717, 1.165) is 17.8 Å². The minimum atomic E-state index is 0.733. The Morgan fingerprint density at radius 3 is 1.81 bits per heavy atom. The van der Waals surface area contributed by atoms with Gasteiger partial charge < -0.3 is 0 Å². The standard InChI is InChI=1S/C21H24/c1-16(2)20-15-21(20)19(13-17-9-5-3-6-10-17)14-18-11-7-4-8-12-18/h3-12,19-21H,1,13-15H2,2H3. The highest BCUT2D eigenvalue weighted by atomic mass is 14.5. The molecule has 0 saturated heterocycles. The van der Waals surface area contributed by atoms with E-state index in [1.807, 2.05) is 0 Å². The highest BCUT2D eigenvalue weighted by Gasteiger charge is 2.42. The summed E-state index contributed by atoms with van der Waals surface area (Å²) < 4.78 is 0. The molecule has 2 unspecified atom stereocenters. The number of hydrogen-bond acceptors (Lipinski definition) is 0. The molecule has 21 heavy (non-hydrogen) atoms. The van der Waals surface area contributed by atoms with Crippen LogP contribution >= 0.6 is 0 Å². The fourth-order valence-corrected chi connectivity index (χ4v) is 3.51. The molecule has 108 valence electrons. The van der Waals surface area contributed by atoms with Crippen LogP contribution in [-0.2, 0) is 12.8 Å². The monoisotopic (exact) mass is 276 g/mol. The van der Waals surface area contributed by atoms with Gasteiger partial charge in [-0.2, -0.15) is 0 Å². The molecule has 0 aromatic heterocycles. The topological polar surface area (TPSA) is 0 Å². The lowest BCUT2D eigenvalue weighted by atomic mass is 9.87. The van der Waals surface area contributed by atoms with Gasteiger partial charge in [-0.1, -0.05) is 72.8 Å². The number of benzene rings is 2. The summed E-state index contributed by atoms with van der Waals surface area (Å²) >= 11 is 0. The Morgan fingerprint density at radius 2 is 1.43 bits per heavy atom. The Balaban J connectivity index is 1.74. The summed E-state index contributed by atoms with van der Waals surface area (Å²) in [7, 11) is 0. The maximum Gasteiger partial charge on any atom is -0.0174 e. The first-order chi connectivity index (χ1) is 10.2. The number of allylic oxidation sites excluding steroid dienone is 1. The molecule has 0 N–H and O–H groups in total. The van der Waals surface area contributed by atoms with Gasteiger partial charge in [0, 0.05) is 0 Å². The Labute approximate surface area is 128 Å². The van der Waals surface area contributed by atoms with Crippen molar-refractivity contribution in [3.05, 3.63) is 83.9 Å². The van der Waals surface area contributed by atoms with Gasteiger partial charge in [0.15, 0.2) is 0 Å². The van der Waals surface area contributed by atoms with E-state index in [-0.39, 0.29) is 0 Å². The third-order valence-electron chi connectivity index (χ3n) is 4.76. The lowest BCUT2D eigenvalue weighted by Gasteiger charge is -2.18. The van der Waals surface area contributed by atoms with Crippen LogP contribution in [0.4, 0.5) is 0 Å². The van der Waals surface area contributed by atoms with Crippen LogP contribution in [0, 0.1) is 17.8 Å². The minimum Gasteiger partial charge on any atom is -0.0999 e. The van der Waals surface area contributed by atoms with Crippen LogP contribution < -0.4 is 0 Å². The van der Waals surface area contributed by atoms with Crippen LogP contribution in [0.1, 0.15) is 24.5 Å². The molecule has 0 radical (unpaired) electrons. The molecule has 3 rings (SSSR count). The average Bonchev–Trinajstić information content (AvgIpc) is 3.29. The second kappa shape index (κ2) is 6.30. The molecular formula is C21H24. The zero-order chi connectivity index (χ0) is 14.7. The van der Waals surface area contributed by atoms with Crippen LogP contribution in [-0.4, -0.2) is 0 Å². The SMILES string of the molecule is C=C(C)C1CC1C(Cc1ccccc1)Cc1ccccc1. The molecule has 2 aromatic carbocycles. The van der Waals surface area contributed by atoms with Gasteiger partial charge in [-0.15, -0.1) is 0 Å². The van der Waals surface area contributed by atoms with Gasteiger partial charge in [-0.05, 0) is 55.1 Å². The first-order valence-corrected chi connectivity index (χ1v) is 7.97.